The fraction of sp³-hybridized carbons (Fsp3) is 0.296. The first kappa shape index (κ1) is 27.6. The summed E-state index contributed by atoms with van der Waals surface area (Å²) in [6, 6.07) is 7.20. The van der Waals surface area contributed by atoms with E-state index in [9.17, 15) is 31.5 Å². The van der Waals surface area contributed by atoms with Gasteiger partial charge < -0.3 is 20.3 Å². The van der Waals surface area contributed by atoms with Gasteiger partial charge in [0.15, 0.2) is 12.1 Å². The number of alkyl halides is 6. The number of hydroxylamine groups is 2. The summed E-state index contributed by atoms with van der Waals surface area (Å²) in [7, 11) is 0. The number of ether oxygens (including phenoxy) is 1. The van der Waals surface area contributed by atoms with E-state index in [2.05, 4.69) is 15.6 Å². The molecule has 0 saturated heterocycles. The molecule has 2 aromatic carbocycles. The summed E-state index contributed by atoms with van der Waals surface area (Å²) in [6.07, 6.45) is -5.04. The molecular weight excluding hydrogens is 540 g/mol. The molecule has 0 saturated carbocycles. The fourth-order valence-corrected chi connectivity index (χ4v) is 4.80. The maximum Gasteiger partial charge on any atom is 0.416 e. The van der Waals surface area contributed by atoms with Gasteiger partial charge in [0.2, 0.25) is 0 Å². The number of aryl methyl sites for hydroxylation is 1. The molecule has 0 fully saturated rings. The van der Waals surface area contributed by atoms with E-state index in [-0.39, 0.29) is 36.4 Å². The fourth-order valence-electron chi connectivity index (χ4n) is 4.80. The Balaban J connectivity index is 1.66. The minimum Gasteiger partial charge on any atom is -0.758 e. The van der Waals surface area contributed by atoms with Crippen LogP contribution in [0.15, 0.2) is 78.7 Å². The van der Waals surface area contributed by atoms with Gasteiger partial charge in [-0.05, 0) is 48.2 Å². The molecule has 3 heterocycles. The van der Waals surface area contributed by atoms with E-state index in [1.807, 2.05) is 0 Å². The predicted octanol–water partition coefficient (Wildman–Crippen LogP) is 5.57. The van der Waals surface area contributed by atoms with Crippen molar-refractivity contribution in [1.82, 2.24) is 25.2 Å². The van der Waals surface area contributed by atoms with Gasteiger partial charge in [0.05, 0.1) is 24.1 Å². The number of halogens is 6. The van der Waals surface area contributed by atoms with Crippen molar-refractivity contribution in [1.29, 1.82) is 0 Å². The second kappa shape index (κ2) is 10.5. The highest BCUT2D eigenvalue weighted by Gasteiger charge is 2.38. The zero-order valence-corrected chi connectivity index (χ0v) is 21.1. The Hall–Kier alpha value is -3.97. The number of imidazole rings is 1. The molecule has 0 radical (unpaired) electrons. The molecule has 0 amide bonds. The van der Waals surface area contributed by atoms with E-state index < -0.39 is 42.2 Å². The number of nitrogens with one attached hydrogen (secondary N) is 2. The molecule has 212 valence electrons. The number of benzene rings is 2. The number of hydrogen-bond acceptors (Lipinski definition) is 6. The van der Waals surface area contributed by atoms with Crippen molar-refractivity contribution in [2.75, 3.05) is 13.2 Å². The van der Waals surface area contributed by atoms with Crippen molar-refractivity contribution in [2.45, 2.75) is 38.0 Å². The van der Waals surface area contributed by atoms with E-state index in [0.717, 1.165) is 5.56 Å². The van der Waals surface area contributed by atoms with Gasteiger partial charge in [0.1, 0.15) is 0 Å². The highest BCUT2D eigenvalue weighted by Crippen LogP contribution is 2.39. The normalized spacial score (nSPS) is 21.5. The summed E-state index contributed by atoms with van der Waals surface area (Å²) in [5.74, 6) is 0.214. The van der Waals surface area contributed by atoms with Gasteiger partial charge in [0, 0.05) is 42.3 Å². The van der Waals surface area contributed by atoms with Crippen LogP contribution in [0.4, 0.5) is 26.3 Å². The quantitative estimate of drug-likeness (QED) is 0.404. The monoisotopic (exact) mass is 564 g/mol. The third-order valence-electron chi connectivity index (χ3n) is 6.76. The molecule has 40 heavy (non-hydrogen) atoms. The van der Waals surface area contributed by atoms with E-state index in [1.54, 1.807) is 48.0 Å². The summed E-state index contributed by atoms with van der Waals surface area (Å²) >= 11 is 0. The van der Waals surface area contributed by atoms with Crippen LogP contribution >= 0.6 is 0 Å². The van der Waals surface area contributed by atoms with Crippen LogP contribution in [0, 0.1) is 12.1 Å². The molecule has 2 aliphatic rings. The first-order valence-electron chi connectivity index (χ1n) is 12.3. The zero-order valence-electron chi connectivity index (χ0n) is 21.1. The summed E-state index contributed by atoms with van der Waals surface area (Å²) in [5, 5.41) is 20.9. The lowest BCUT2D eigenvalue weighted by molar-refractivity contribution is -0.143. The highest BCUT2D eigenvalue weighted by atomic mass is 19.4. The molecule has 0 spiro atoms. The van der Waals surface area contributed by atoms with Gasteiger partial charge in [-0.2, -0.15) is 26.3 Å². The Bertz CT molecular complexity index is 1400. The molecule has 0 bridgehead atoms. The first-order valence-corrected chi connectivity index (χ1v) is 12.3. The third-order valence-corrected chi connectivity index (χ3v) is 6.76. The lowest BCUT2D eigenvalue weighted by Gasteiger charge is -2.46. The van der Waals surface area contributed by atoms with Gasteiger partial charge in [-0.3, -0.25) is 9.88 Å². The second-order valence-corrected chi connectivity index (χ2v) is 9.48. The minimum atomic E-state index is -5.01. The molecule has 2 aliphatic heterocycles. The highest BCUT2D eigenvalue weighted by molar-refractivity contribution is 5.68. The van der Waals surface area contributed by atoms with Crippen LogP contribution in [-0.4, -0.2) is 33.9 Å². The maximum absolute atomic E-state index is 14.2. The average molecular weight is 565 g/mol. The molecule has 2 atom stereocenters. The first-order chi connectivity index (χ1) is 18.9. The van der Waals surface area contributed by atoms with Crippen molar-refractivity contribution in [2.24, 2.45) is 0 Å². The van der Waals surface area contributed by atoms with E-state index in [1.165, 1.54) is 12.5 Å². The third kappa shape index (κ3) is 5.65. The summed E-state index contributed by atoms with van der Waals surface area (Å²) < 4.78 is 89.4. The Labute approximate surface area is 225 Å². The zero-order chi connectivity index (χ0) is 28.7. The Morgan fingerprint density at radius 3 is 2.38 bits per heavy atom. The van der Waals surface area contributed by atoms with E-state index >= 15 is 0 Å². The van der Waals surface area contributed by atoms with Crippen molar-refractivity contribution in [3.8, 4) is 0 Å². The van der Waals surface area contributed by atoms with Gasteiger partial charge in [0.25, 0.3) is 0 Å². The SMILES string of the molecule is Cc1ccccc1/C1=C/C(n2ccnc2)OC2=C(CNCN2)C(Cc2cc(C(F)(F)F)cc(C(F)(F)F)c2)N1[O-]. The second-order valence-electron chi connectivity index (χ2n) is 9.48. The number of nitrogens with zero attached hydrogens (tertiary/aromatic N) is 3. The molecule has 3 aromatic rings. The molecule has 5 rings (SSSR count). The molecule has 13 heteroatoms. The van der Waals surface area contributed by atoms with Crippen LogP contribution in [0.3, 0.4) is 0 Å². The Morgan fingerprint density at radius 1 is 1.05 bits per heavy atom. The van der Waals surface area contributed by atoms with Crippen molar-refractivity contribution in [3.05, 3.63) is 112 Å². The van der Waals surface area contributed by atoms with E-state index in [4.69, 9.17) is 4.74 Å². The van der Waals surface area contributed by atoms with Crippen molar-refractivity contribution in [3.63, 3.8) is 0 Å². The van der Waals surface area contributed by atoms with Crippen LogP contribution in [0.5, 0.6) is 0 Å². The standard InChI is InChI=1S/C27H24F6N5O2/c1-16-4-2-3-5-20(16)23-12-24(37-7-6-34-15-37)40-25-21(13-35-14-36-25)22(38(23)39)10-17-8-18(26(28,29)30)11-19(9-17)27(31,32)33/h2-9,11-12,15,22,24,35-36H,10,13-14H2,1H3/q-1/b23-12-. The lowest BCUT2D eigenvalue weighted by atomic mass is 9.93. The average Bonchev–Trinajstić information content (AvgIpc) is 3.43. The number of aromatic nitrogens is 2. The van der Waals surface area contributed by atoms with Gasteiger partial charge in [-0.15, -0.1) is 0 Å². The van der Waals surface area contributed by atoms with Gasteiger partial charge in [-0.1, -0.05) is 24.3 Å². The van der Waals surface area contributed by atoms with Crippen LogP contribution in [-0.2, 0) is 23.5 Å². The molecule has 0 aliphatic carbocycles. The van der Waals surface area contributed by atoms with Crippen LogP contribution in [0.25, 0.3) is 5.70 Å². The largest absolute Gasteiger partial charge is 0.758 e. The Morgan fingerprint density at radius 2 is 1.75 bits per heavy atom. The molecule has 2 unspecified atom stereocenters. The molecule has 1 aromatic heterocycles. The minimum absolute atomic E-state index is 0.0719. The van der Waals surface area contributed by atoms with Crippen LogP contribution in [0.2, 0.25) is 0 Å². The van der Waals surface area contributed by atoms with Crippen LogP contribution < -0.4 is 10.6 Å². The Kier molecular flexibility index (Phi) is 7.27. The molecule has 2 N–H and O–H groups in total. The summed E-state index contributed by atoms with van der Waals surface area (Å²) in [5.41, 5.74) is -1.38. The van der Waals surface area contributed by atoms with Crippen molar-refractivity contribution >= 4 is 5.70 Å². The smallest absolute Gasteiger partial charge is 0.416 e. The molecule has 7 nitrogen and oxygen atoms in total. The predicted molar refractivity (Wildman–Crippen MR) is 134 cm³/mol. The maximum atomic E-state index is 14.2. The van der Waals surface area contributed by atoms with E-state index in [0.29, 0.717) is 28.3 Å². The topological polar surface area (TPSA) is 77.4 Å². The van der Waals surface area contributed by atoms with Crippen molar-refractivity contribution < 1.29 is 31.1 Å². The summed E-state index contributed by atoms with van der Waals surface area (Å²) in [4.78, 5) is 4.05. The molecular formula is C27H24F6N5O2-. The number of rotatable bonds is 4. The van der Waals surface area contributed by atoms with Gasteiger partial charge in [-0.25, -0.2) is 4.98 Å². The summed E-state index contributed by atoms with van der Waals surface area (Å²) in [6.45, 7) is 2.19. The number of hydrogen-bond donors (Lipinski definition) is 2. The lowest BCUT2D eigenvalue weighted by Crippen LogP contribution is -2.46. The van der Waals surface area contributed by atoms with Gasteiger partial charge >= 0.3 is 12.4 Å². The van der Waals surface area contributed by atoms with Crippen LogP contribution in [0.1, 0.15) is 34.0 Å².